The van der Waals surface area contributed by atoms with E-state index in [1.54, 1.807) is 0 Å². The van der Waals surface area contributed by atoms with Crippen molar-refractivity contribution in [3.8, 4) is 27.9 Å². The fourth-order valence-corrected chi connectivity index (χ4v) is 9.25. The minimum atomic E-state index is 1.10. The Morgan fingerprint density at radius 2 is 0.702 bits per heavy atom. The molecule has 9 aromatic carbocycles. The van der Waals surface area contributed by atoms with E-state index in [0.29, 0.717) is 0 Å². The summed E-state index contributed by atoms with van der Waals surface area (Å²) in [6, 6.07) is 77.4. The van der Waals surface area contributed by atoms with Crippen LogP contribution in [0.4, 0.5) is 17.1 Å². The molecule has 3 heterocycles. The molecule has 0 saturated heterocycles. The van der Waals surface area contributed by atoms with Crippen LogP contribution in [0.3, 0.4) is 0 Å². The van der Waals surface area contributed by atoms with Crippen LogP contribution >= 0.6 is 0 Å². The molecule has 0 saturated carbocycles. The second-order valence-corrected chi connectivity index (χ2v) is 15.0. The average molecular weight is 726 g/mol. The van der Waals surface area contributed by atoms with Crippen LogP contribution in [0.25, 0.3) is 87.8 Å². The molecule has 0 aliphatic rings. The zero-order valence-corrected chi connectivity index (χ0v) is 31.0. The van der Waals surface area contributed by atoms with E-state index in [-0.39, 0.29) is 0 Å². The first kappa shape index (κ1) is 31.7. The Morgan fingerprint density at radius 3 is 1.37 bits per heavy atom. The number of fused-ring (bicyclic) bond motifs is 9. The van der Waals surface area contributed by atoms with Gasteiger partial charge < -0.3 is 13.9 Å². The molecule has 3 heteroatoms. The lowest BCUT2D eigenvalue weighted by atomic mass is 10.00. The van der Waals surface area contributed by atoms with Crippen molar-refractivity contribution in [2.24, 2.45) is 0 Å². The standard InChI is InChI=1S/C54H35N3/c1-3-12-36(13-4-1)37-22-24-38(25-23-37)39-26-28-41(29-27-39)55(42-30-32-52-48(34-42)45-17-8-9-20-50(45)56(52)40-14-5-2-6-15-40)43-31-33-53-49(35-43)47-19-11-18-46-44-16-7-10-21-51(44)57(53)54(46)47/h1-35H. The summed E-state index contributed by atoms with van der Waals surface area (Å²) < 4.78 is 4.83. The van der Waals surface area contributed by atoms with Crippen LogP contribution in [0.1, 0.15) is 0 Å². The Bertz CT molecular complexity index is 3430. The monoisotopic (exact) mass is 725 g/mol. The first-order valence-corrected chi connectivity index (χ1v) is 19.6. The fourth-order valence-electron chi connectivity index (χ4n) is 9.25. The van der Waals surface area contributed by atoms with Crippen molar-refractivity contribution in [2.75, 3.05) is 4.90 Å². The fraction of sp³-hybridized carbons (Fsp3) is 0. The topological polar surface area (TPSA) is 12.6 Å². The molecular formula is C54H35N3. The Labute approximate surface area is 329 Å². The highest BCUT2D eigenvalue weighted by Crippen LogP contribution is 2.44. The van der Waals surface area contributed by atoms with Gasteiger partial charge in [0, 0.05) is 55.1 Å². The van der Waals surface area contributed by atoms with Gasteiger partial charge in [-0.05, 0) is 95.1 Å². The van der Waals surface area contributed by atoms with Gasteiger partial charge in [-0.25, -0.2) is 0 Å². The van der Waals surface area contributed by atoms with Gasteiger partial charge in [-0.15, -0.1) is 0 Å². The van der Waals surface area contributed by atoms with Crippen LogP contribution in [0, 0.1) is 0 Å². The highest BCUT2D eigenvalue weighted by Gasteiger charge is 2.21. The van der Waals surface area contributed by atoms with Crippen LogP contribution in [0.2, 0.25) is 0 Å². The number of para-hydroxylation sites is 4. The Hall–Kier alpha value is -7.62. The van der Waals surface area contributed by atoms with Gasteiger partial charge in [0.2, 0.25) is 0 Å². The summed E-state index contributed by atoms with van der Waals surface area (Å²) in [5, 5.41) is 7.57. The van der Waals surface area contributed by atoms with Crippen molar-refractivity contribution >= 4 is 77.0 Å². The number of hydrogen-bond donors (Lipinski definition) is 0. The minimum absolute atomic E-state index is 1.10. The van der Waals surface area contributed by atoms with Crippen LogP contribution in [-0.4, -0.2) is 8.97 Å². The molecule has 0 bridgehead atoms. The molecule has 0 aliphatic carbocycles. The molecule has 3 nitrogen and oxygen atoms in total. The molecular weight excluding hydrogens is 691 g/mol. The lowest BCUT2D eigenvalue weighted by Crippen LogP contribution is -2.10. The van der Waals surface area contributed by atoms with Crippen LogP contribution < -0.4 is 4.90 Å². The highest BCUT2D eigenvalue weighted by molar-refractivity contribution is 6.23. The van der Waals surface area contributed by atoms with E-state index in [1.807, 2.05) is 0 Å². The number of benzene rings is 9. The van der Waals surface area contributed by atoms with E-state index in [0.717, 1.165) is 22.7 Å². The van der Waals surface area contributed by atoms with E-state index in [1.165, 1.54) is 82.2 Å². The van der Waals surface area contributed by atoms with Gasteiger partial charge in [0.05, 0.1) is 27.6 Å². The van der Waals surface area contributed by atoms with Gasteiger partial charge in [0.25, 0.3) is 0 Å². The molecule has 57 heavy (non-hydrogen) atoms. The summed E-state index contributed by atoms with van der Waals surface area (Å²) in [5.74, 6) is 0. The summed E-state index contributed by atoms with van der Waals surface area (Å²) in [7, 11) is 0. The Morgan fingerprint density at radius 1 is 0.281 bits per heavy atom. The summed E-state index contributed by atoms with van der Waals surface area (Å²) >= 11 is 0. The van der Waals surface area contributed by atoms with E-state index in [9.17, 15) is 0 Å². The average Bonchev–Trinajstić information content (AvgIpc) is 3.92. The molecule has 12 aromatic rings. The third-order valence-electron chi connectivity index (χ3n) is 11.8. The third-order valence-corrected chi connectivity index (χ3v) is 11.8. The lowest BCUT2D eigenvalue weighted by molar-refractivity contribution is 1.18. The van der Waals surface area contributed by atoms with Crippen LogP contribution in [0.5, 0.6) is 0 Å². The number of rotatable bonds is 6. The van der Waals surface area contributed by atoms with Crippen LogP contribution in [0.15, 0.2) is 212 Å². The second kappa shape index (κ2) is 12.5. The predicted molar refractivity (Wildman–Crippen MR) is 241 cm³/mol. The molecule has 266 valence electrons. The van der Waals surface area contributed by atoms with Crippen molar-refractivity contribution in [2.45, 2.75) is 0 Å². The maximum Gasteiger partial charge on any atom is 0.0620 e. The molecule has 3 aromatic heterocycles. The second-order valence-electron chi connectivity index (χ2n) is 15.0. The number of aromatic nitrogens is 2. The zero-order valence-electron chi connectivity index (χ0n) is 31.0. The van der Waals surface area contributed by atoms with Gasteiger partial charge in [-0.3, -0.25) is 0 Å². The van der Waals surface area contributed by atoms with Crippen molar-refractivity contribution in [3.63, 3.8) is 0 Å². The van der Waals surface area contributed by atoms with E-state index in [2.05, 4.69) is 226 Å². The smallest absolute Gasteiger partial charge is 0.0620 e. The van der Waals surface area contributed by atoms with Gasteiger partial charge in [-0.1, -0.05) is 140 Å². The maximum absolute atomic E-state index is 2.45. The van der Waals surface area contributed by atoms with Crippen LogP contribution in [-0.2, 0) is 0 Å². The highest BCUT2D eigenvalue weighted by atomic mass is 15.1. The van der Waals surface area contributed by atoms with Gasteiger partial charge in [0.15, 0.2) is 0 Å². The van der Waals surface area contributed by atoms with Crippen molar-refractivity contribution in [1.29, 1.82) is 0 Å². The van der Waals surface area contributed by atoms with Gasteiger partial charge >= 0.3 is 0 Å². The molecule has 0 unspecified atom stereocenters. The minimum Gasteiger partial charge on any atom is -0.310 e. The molecule has 0 fully saturated rings. The Kier molecular flexibility index (Phi) is 6.93. The largest absolute Gasteiger partial charge is 0.310 e. The zero-order chi connectivity index (χ0) is 37.5. The van der Waals surface area contributed by atoms with E-state index in [4.69, 9.17) is 0 Å². The molecule has 0 radical (unpaired) electrons. The molecule has 0 amide bonds. The summed E-state index contributed by atoms with van der Waals surface area (Å²) in [6.07, 6.45) is 0. The van der Waals surface area contributed by atoms with Crippen molar-refractivity contribution in [1.82, 2.24) is 8.97 Å². The Balaban J connectivity index is 1.04. The lowest BCUT2D eigenvalue weighted by Gasteiger charge is -2.26. The quantitative estimate of drug-likeness (QED) is 0.166. The third kappa shape index (κ3) is 4.86. The van der Waals surface area contributed by atoms with Crippen molar-refractivity contribution in [3.05, 3.63) is 212 Å². The predicted octanol–water partition coefficient (Wildman–Crippen LogP) is 14.7. The number of anilines is 3. The SMILES string of the molecule is c1ccc(-c2ccc(-c3ccc(N(c4ccc5c(c4)c4ccccc4n5-c4ccccc4)c4ccc5c(c4)c4cccc6c7ccccc7n5c64)cc3)cc2)cc1. The molecule has 0 atom stereocenters. The van der Waals surface area contributed by atoms with E-state index < -0.39 is 0 Å². The number of hydrogen-bond acceptors (Lipinski definition) is 1. The van der Waals surface area contributed by atoms with E-state index >= 15 is 0 Å². The van der Waals surface area contributed by atoms with Crippen molar-refractivity contribution < 1.29 is 0 Å². The maximum atomic E-state index is 2.45. The van der Waals surface area contributed by atoms with Gasteiger partial charge in [-0.2, -0.15) is 0 Å². The molecule has 12 rings (SSSR count). The molecule has 0 N–H and O–H groups in total. The summed E-state index contributed by atoms with van der Waals surface area (Å²) in [5.41, 5.74) is 15.5. The first-order valence-electron chi connectivity index (χ1n) is 19.6. The summed E-state index contributed by atoms with van der Waals surface area (Å²) in [4.78, 5) is 2.42. The van der Waals surface area contributed by atoms with Gasteiger partial charge in [0.1, 0.15) is 0 Å². The normalized spacial score (nSPS) is 11.9. The molecule has 0 spiro atoms. The summed E-state index contributed by atoms with van der Waals surface area (Å²) in [6.45, 7) is 0. The first-order chi connectivity index (χ1) is 28.3. The molecule has 0 aliphatic heterocycles. The number of nitrogens with zero attached hydrogens (tertiary/aromatic N) is 3.